The zero-order chi connectivity index (χ0) is 26.4. The molecule has 36 heavy (non-hydrogen) atoms. The maximum atomic E-state index is 14.6. The summed E-state index contributed by atoms with van der Waals surface area (Å²) >= 11 is 6.24. The lowest BCUT2D eigenvalue weighted by molar-refractivity contribution is -0.333. The molecular formula is C26H21ClF6N2O. The number of carbonyl (C=O) groups excluding carboxylic acids is 1. The zero-order valence-electron chi connectivity index (χ0n) is 19.5. The van der Waals surface area contributed by atoms with E-state index in [0.717, 1.165) is 18.9 Å². The molecule has 0 spiro atoms. The first kappa shape index (κ1) is 24.7. The first-order valence-corrected chi connectivity index (χ1v) is 11.6. The molecule has 1 N–H and O–H groups in total. The van der Waals surface area contributed by atoms with Crippen LogP contribution < -0.4 is 5.32 Å². The summed E-state index contributed by atoms with van der Waals surface area (Å²) < 4.78 is 85.0. The molecule has 0 saturated heterocycles. The minimum atomic E-state index is -5.75. The van der Waals surface area contributed by atoms with Gasteiger partial charge in [0.2, 0.25) is 0 Å². The lowest BCUT2D eigenvalue weighted by atomic mass is 9.67. The second kappa shape index (κ2) is 7.54. The molecule has 2 aromatic carbocycles. The highest BCUT2D eigenvalue weighted by Crippen LogP contribution is 2.67. The fourth-order valence-corrected chi connectivity index (χ4v) is 5.10. The summed E-state index contributed by atoms with van der Waals surface area (Å²) in [6, 6.07) is 7.42. The average Bonchev–Trinajstić information content (AvgIpc) is 3.30. The number of nitrogens with one attached hydrogen (secondary N) is 1. The largest absolute Gasteiger partial charge is 0.433 e. The Kier molecular flexibility index (Phi) is 5.18. The highest BCUT2D eigenvalue weighted by Gasteiger charge is 2.80. The molecule has 10 heteroatoms. The maximum Gasteiger partial charge on any atom is 0.433 e. The first-order chi connectivity index (χ1) is 16.6. The molecule has 0 radical (unpaired) electrons. The second-order valence-electron chi connectivity index (χ2n) is 9.84. The van der Waals surface area contributed by atoms with E-state index >= 15 is 0 Å². The van der Waals surface area contributed by atoms with Gasteiger partial charge in [0, 0.05) is 29.1 Å². The Morgan fingerprint density at radius 3 is 2.33 bits per heavy atom. The molecule has 2 aliphatic rings. The van der Waals surface area contributed by atoms with Gasteiger partial charge in [-0.3, -0.25) is 4.79 Å². The van der Waals surface area contributed by atoms with Gasteiger partial charge in [-0.1, -0.05) is 17.7 Å². The molecule has 1 amide bonds. The van der Waals surface area contributed by atoms with Crippen molar-refractivity contribution in [2.45, 2.75) is 56.9 Å². The van der Waals surface area contributed by atoms with Crippen LogP contribution in [0.3, 0.4) is 0 Å². The summed E-state index contributed by atoms with van der Waals surface area (Å²) in [5.74, 6) is -5.02. The van der Waals surface area contributed by atoms with Crippen LogP contribution in [0.1, 0.15) is 52.4 Å². The van der Waals surface area contributed by atoms with Crippen molar-refractivity contribution >= 4 is 17.5 Å². The van der Waals surface area contributed by atoms with Crippen molar-refractivity contribution in [2.24, 2.45) is 0 Å². The van der Waals surface area contributed by atoms with Crippen molar-refractivity contribution in [2.75, 3.05) is 0 Å². The average molecular weight is 527 g/mol. The number of alkyl halides is 6. The molecule has 0 bridgehead atoms. The number of hydrogen-bond acceptors (Lipinski definition) is 1. The van der Waals surface area contributed by atoms with E-state index in [9.17, 15) is 31.1 Å². The normalized spacial score (nSPS) is 21.5. The van der Waals surface area contributed by atoms with E-state index in [1.54, 1.807) is 36.7 Å². The summed E-state index contributed by atoms with van der Waals surface area (Å²) in [6.45, 7) is 4.64. The third-order valence-corrected chi connectivity index (χ3v) is 7.48. The van der Waals surface area contributed by atoms with Gasteiger partial charge in [0.05, 0.1) is 16.3 Å². The molecule has 0 aliphatic heterocycles. The van der Waals surface area contributed by atoms with Gasteiger partial charge in [-0.15, -0.1) is 0 Å². The van der Waals surface area contributed by atoms with Crippen molar-refractivity contribution in [1.29, 1.82) is 0 Å². The molecule has 3 nitrogen and oxygen atoms in total. The molecule has 1 fully saturated rings. The van der Waals surface area contributed by atoms with Crippen LogP contribution >= 0.6 is 11.6 Å². The lowest BCUT2D eigenvalue weighted by Crippen LogP contribution is -2.59. The predicted octanol–water partition coefficient (Wildman–Crippen LogP) is 7.53. The van der Waals surface area contributed by atoms with Crippen molar-refractivity contribution in [3.8, 4) is 16.8 Å². The molecule has 1 saturated carbocycles. The van der Waals surface area contributed by atoms with Crippen molar-refractivity contribution in [1.82, 2.24) is 9.88 Å². The van der Waals surface area contributed by atoms with E-state index in [-0.39, 0.29) is 38.8 Å². The van der Waals surface area contributed by atoms with Crippen LogP contribution in [0.5, 0.6) is 0 Å². The first-order valence-electron chi connectivity index (χ1n) is 11.2. The van der Waals surface area contributed by atoms with Gasteiger partial charge in [0.1, 0.15) is 0 Å². The zero-order valence-corrected chi connectivity index (χ0v) is 20.2. The maximum absolute atomic E-state index is 14.6. The fraction of sp³-hybridized carbons (Fsp3) is 0.346. The van der Waals surface area contributed by atoms with Gasteiger partial charge in [-0.25, -0.2) is 4.39 Å². The Balaban J connectivity index is 1.53. The molecule has 1 aromatic heterocycles. The number of carbonyl (C=O) groups is 1. The van der Waals surface area contributed by atoms with E-state index < -0.39 is 28.9 Å². The van der Waals surface area contributed by atoms with E-state index in [4.69, 9.17) is 11.6 Å². The van der Waals surface area contributed by atoms with Gasteiger partial charge < -0.3 is 9.88 Å². The number of halogens is 7. The summed E-state index contributed by atoms with van der Waals surface area (Å²) in [6.07, 6.45) is -0.814. The molecule has 1 unspecified atom stereocenters. The van der Waals surface area contributed by atoms with E-state index in [1.165, 1.54) is 18.4 Å². The van der Waals surface area contributed by atoms with Crippen LogP contribution in [-0.4, -0.2) is 22.2 Å². The van der Waals surface area contributed by atoms with E-state index in [2.05, 4.69) is 5.32 Å². The third-order valence-electron chi connectivity index (χ3n) is 7.15. The Morgan fingerprint density at radius 2 is 1.72 bits per heavy atom. The molecule has 2 aliphatic carbocycles. The van der Waals surface area contributed by atoms with Crippen molar-refractivity contribution < 1.29 is 31.1 Å². The van der Waals surface area contributed by atoms with Gasteiger partial charge >= 0.3 is 12.1 Å². The topological polar surface area (TPSA) is 34.0 Å². The summed E-state index contributed by atoms with van der Waals surface area (Å²) in [7, 11) is 0. The predicted molar refractivity (Wildman–Crippen MR) is 124 cm³/mol. The lowest BCUT2D eigenvalue weighted by Gasteiger charge is -2.46. The summed E-state index contributed by atoms with van der Waals surface area (Å²) in [5, 5.41) is 3.22. The minimum Gasteiger partial charge on any atom is -0.347 e. The number of hydrogen-bond donors (Lipinski definition) is 1. The third kappa shape index (κ3) is 3.38. The Morgan fingerprint density at radius 1 is 1.06 bits per heavy atom. The van der Waals surface area contributed by atoms with Gasteiger partial charge in [-0.05, 0) is 80.1 Å². The van der Waals surface area contributed by atoms with Crippen molar-refractivity contribution in [3.05, 3.63) is 75.6 Å². The number of amides is 1. The quantitative estimate of drug-likeness (QED) is 0.350. The highest BCUT2D eigenvalue weighted by atomic mass is 35.5. The minimum absolute atomic E-state index is 0.136. The summed E-state index contributed by atoms with van der Waals surface area (Å²) in [4.78, 5) is 12.7. The number of rotatable bonds is 4. The Labute approximate surface area is 208 Å². The standard InChI is InChI=1S/C26H21ClF6N2O/c1-13-10-18-20(25(29,30)24(18,28)26(31,32)33)14(2)21(13)35-9-6-16(12-35)15-4-5-19(27)17(11-15)22(36)34-23(3)7-8-23/h4-6,9-12H,7-8H2,1-3H3,(H,34,36). The SMILES string of the molecule is Cc1cc2c(c(C)c1-n1ccc(-c3ccc(Cl)c(C(=O)NC4(C)CC4)c3)c1)C(F)(F)C2(F)C(F)(F)F. The molecule has 190 valence electrons. The van der Waals surface area contributed by atoms with Crippen LogP contribution in [-0.2, 0) is 11.6 Å². The monoisotopic (exact) mass is 526 g/mol. The van der Waals surface area contributed by atoms with Crippen LogP contribution in [0.25, 0.3) is 16.8 Å². The number of aromatic nitrogens is 1. The molecular weight excluding hydrogens is 506 g/mol. The molecule has 3 aromatic rings. The number of nitrogens with zero attached hydrogens (tertiary/aromatic N) is 1. The van der Waals surface area contributed by atoms with Gasteiger partial charge in [0.25, 0.3) is 11.6 Å². The van der Waals surface area contributed by atoms with Crippen molar-refractivity contribution in [3.63, 3.8) is 0 Å². The van der Waals surface area contributed by atoms with Gasteiger partial charge in [-0.2, -0.15) is 22.0 Å². The van der Waals surface area contributed by atoms with E-state index in [0.29, 0.717) is 11.1 Å². The molecule has 5 rings (SSSR count). The Hall–Kier alpha value is -2.94. The number of aryl methyl sites for hydroxylation is 1. The summed E-state index contributed by atoms with van der Waals surface area (Å²) in [5.41, 5.74) is -5.10. The highest BCUT2D eigenvalue weighted by molar-refractivity contribution is 6.34. The van der Waals surface area contributed by atoms with Crippen LogP contribution in [0, 0.1) is 13.8 Å². The smallest absolute Gasteiger partial charge is 0.347 e. The van der Waals surface area contributed by atoms with Crippen LogP contribution in [0.2, 0.25) is 5.02 Å². The van der Waals surface area contributed by atoms with Crippen LogP contribution in [0.15, 0.2) is 42.7 Å². The van der Waals surface area contributed by atoms with Gasteiger partial charge in [0.15, 0.2) is 0 Å². The second-order valence-corrected chi connectivity index (χ2v) is 10.2. The Bertz CT molecular complexity index is 1420. The van der Waals surface area contributed by atoms with Crippen LogP contribution in [0.4, 0.5) is 26.3 Å². The molecule has 1 atom stereocenters. The fourth-order valence-electron chi connectivity index (χ4n) is 4.90. The molecule has 1 heterocycles. The number of benzene rings is 2. The number of fused-ring (bicyclic) bond motifs is 1. The van der Waals surface area contributed by atoms with E-state index in [1.807, 2.05) is 6.92 Å².